The Morgan fingerprint density at radius 3 is 2.86 bits per heavy atom. The normalized spacial score (nSPS) is 10.8. The van der Waals surface area contributed by atoms with Gasteiger partial charge in [0.25, 0.3) is 5.91 Å². The maximum atomic E-state index is 12.1. The van der Waals surface area contributed by atoms with E-state index in [1.807, 2.05) is 36.6 Å². The van der Waals surface area contributed by atoms with Gasteiger partial charge in [-0.25, -0.2) is 4.98 Å². The summed E-state index contributed by atoms with van der Waals surface area (Å²) in [5.74, 6) is 0.166. The van der Waals surface area contributed by atoms with Crippen LogP contribution in [0.4, 0.5) is 5.69 Å². The number of carbonyl (C=O) groups is 1. The van der Waals surface area contributed by atoms with Gasteiger partial charge in [0.1, 0.15) is 5.52 Å². The predicted octanol–water partition coefficient (Wildman–Crippen LogP) is 5.64. The average molecular weight is 428 g/mol. The molecular formula is C20H14ClN3O2S2. The number of thiocarbonyl (C=S) groups is 1. The van der Waals surface area contributed by atoms with Gasteiger partial charge in [0, 0.05) is 5.69 Å². The average Bonchev–Trinajstić information content (AvgIpc) is 3.32. The van der Waals surface area contributed by atoms with E-state index >= 15 is 0 Å². The molecule has 140 valence electrons. The molecular weight excluding hydrogens is 414 g/mol. The largest absolute Gasteiger partial charge is 0.436 e. The first kappa shape index (κ1) is 18.6. The van der Waals surface area contributed by atoms with Crippen LogP contribution in [0.3, 0.4) is 0 Å². The van der Waals surface area contributed by atoms with Crippen LogP contribution < -0.4 is 10.6 Å². The Morgan fingerprint density at radius 1 is 1.21 bits per heavy atom. The molecule has 4 aromatic rings. The first-order valence-electron chi connectivity index (χ1n) is 8.32. The number of anilines is 1. The van der Waals surface area contributed by atoms with Crippen LogP contribution in [-0.4, -0.2) is 16.0 Å². The van der Waals surface area contributed by atoms with E-state index in [0.717, 1.165) is 11.1 Å². The number of nitrogens with one attached hydrogen (secondary N) is 2. The fourth-order valence-corrected chi connectivity index (χ4v) is 3.68. The minimum atomic E-state index is -0.254. The minimum absolute atomic E-state index is 0.194. The molecule has 0 atom stereocenters. The highest BCUT2D eigenvalue weighted by Gasteiger charge is 2.14. The Morgan fingerprint density at radius 2 is 2.07 bits per heavy atom. The number of hydrogen-bond acceptors (Lipinski definition) is 5. The number of oxazole rings is 1. The van der Waals surface area contributed by atoms with Crippen LogP contribution in [0.1, 0.15) is 15.2 Å². The van der Waals surface area contributed by atoms with Gasteiger partial charge in [-0.05, 0) is 66.5 Å². The molecule has 0 unspecified atom stereocenters. The van der Waals surface area contributed by atoms with Crippen molar-refractivity contribution in [2.75, 3.05) is 5.32 Å². The summed E-state index contributed by atoms with van der Waals surface area (Å²) in [6.45, 7) is 1.99. The lowest BCUT2D eigenvalue weighted by Crippen LogP contribution is -2.33. The van der Waals surface area contributed by atoms with Crippen LogP contribution in [0, 0.1) is 6.92 Å². The van der Waals surface area contributed by atoms with Crippen LogP contribution in [0.2, 0.25) is 5.02 Å². The maximum absolute atomic E-state index is 12.1. The number of aryl methyl sites for hydroxylation is 1. The zero-order chi connectivity index (χ0) is 19.7. The van der Waals surface area contributed by atoms with Crippen molar-refractivity contribution in [1.82, 2.24) is 10.3 Å². The summed E-state index contributed by atoms with van der Waals surface area (Å²) in [6, 6.07) is 14.6. The van der Waals surface area contributed by atoms with Crippen LogP contribution in [0.25, 0.3) is 22.6 Å². The van der Waals surface area contributed by atoms with Crippen LogP contribution in [-0.2, 0) is 0 Å². The Hall–Kier alpha value is -2.74. The number of amides is 1. The van der Waals surface area contributed by atoms with Gasteiger partial charge in [0.05, 0.1) is 15.5 Å². The van der Waals surface area contributed by atoms with Crippen molar-refractivity contribution in [1.29, 1.82) is 0 Å². The zero-order valence-electron chi connectivity index (χ0n) is 14.7. The van der Waals surface area contributed by atoms with Crippen molar-refractivity contribution in [2.45, 2.75) is 6.92 Å². The monoisotopic (exact) mass is 427 g/mol. The van der Waals surface area contributed by atoms with E-state index in [1.54, 1.807) is 24.3 Å². The highest BCUT2D eigenvalue weighted by molar-refractivity contribution is 7.80. The van der Waals surface area contributed by atoms with E-state index in [0.29, 0.717) is 32.6 Å². The summed E-state index contributed by atoms with van der Waals surface area (Å²) in [6.07, 6.45) is 0. The summed E-state index contributed by atoms with van der Waals surface area (Å²) in [7, 11) is 0. The molecule has 2 heterocycles. The topological polar surface area (TPSA) is 67.2 Å². The molecule has 5 nitrogen and oxygen atoms in total. The standard InChI is InChI=1S/C20H14ClN3O2S2/c1-11-4-7-15-16(9-11)26-19(23-15)13-10-12(5-6-14(13)21)22-20(27)24-18(25)17-3-2-8-28-17/h2-10H,1H3,(H2,22,24,25,27). The second-order valence-electron chi connectivity index (χ2n) is 6.07. The third kappa shape index (κ3) is 3.91. The first-order chi connectivity index (χ1) is 13.5. The molecule has 1 amide bonds. The van der Waals surface area contributed by atoms with Gasteiger partial charge in [-0.15, -0.1) is 11.3 Å². The molecule has 0 saturated carbocycles. The van der Waals surface area contributed by atoms with Gasteiger partial charge in [-0.2, -0.15) is 0 Å². The van der Waals surface area contributed by atoms with E-state index in [2.05, 4.69) is 15.6 Å². The minimum Gasteiger partial charge on any atom is -0.436 e. The number of rotatable bonds is 3. The van der Waals surface area contributed by atoms with Crippen LogP contribution in [0.15, 0.2) is 58.3 Å². The summed E-state index contributed by atoms with van der Waals surface area (Å²) in [5, 5.41) is 8.17. The van der Waals surface area contributed by atoms with Gasteiger partial charge in [0.2, 0.25) is 5.89 Å². The molecule has 8 heteroatoms. The lowest BCUT2D eigenvalue weighted by molar-refractivity contribution is 0.0981. The number of nitrogens with zero attached hydrogens (tertiary/aromatic N) is 1. The Bertz CT molecular complexity index is 1190. The van der Waals surface area contributed by atoms with Gasteiger partial charge in [-0.3, -0.25) is 10.1 Å². The SMILES string of the molecule is Cc1ccc2nc(-c3cc(NC(=S)NC(=O)c4cccs4)ccc3Cl)oc2c1. The van der Waals surface area contributed by atoms with Crippen LogP contribution >= 0.6 is 35.2 Å². The van der Waals surface area contributed by atoms with Crippen molar-refractivity contribution in [3.05, 3.63) is 69.4 Å². The fraction of sp³-hybridized carbons (Fsp3) is 0.0500. The number of halogens is 1. The zero-order valence-corrected chi connectivity index (χ0v) is 17.0. The lowest BCUT2D eigenvalue weighted by Gasteiger charge is -2.10. The lowest BCUT2D eigenvalue weighted by atomic mass is 10.2. The molecule has 0 aliphatic heterocycles. The van der Waals surface area contributed by atoms with E-state index in [-0.39, 0.29) is 11.0 Å². The van der Waals surface area contributed by atoms with Gasteiger partial charge in [0.15, 0.2) is 10.7 Å². The van der Waals surface area contributed by atoms with E-state index in [1.165, 1.54) is 11.3 Å². The third-order valence-corrected chi connectivity index (χ3v) is 5.37. The smallest absolute Gasteiger partial charge is 0.267 e. The summed E-state index contributed by atoms with van der Waals surface area (Å²) >= 11 is 12.9. The molecule has 0 aliphatic rings. The quantitative estimate of drug-likeness (QED) is 0.414. The van der Waals surface area contributed by atoms with Crippen molar-refractivity contribution >= 4 is 63.0 Å². The molecule has 28 heavy (non-hydrogen) atoms. The first-order valence-corrected chi connectivity index (χ1v) is 9.99. The van der Waals surface area contributed by atoms with Crippen LogP contribution in [0.5, 0.6) is 0 Å². The van der Waals surface area contributed by atoms with E-state index < -0.39 is 0 Å². The number of carbonyl (C=O) groups excluding carboxylic acids is 1. The van der Waals surface area contributed by atoms with Crippen molar-refractivity contribution in [3.63, 3.8) is 0 Å². The molecule has 2 N–H and O–H groups in total. The van der Waals surface area contributed by atoms with E-state index in [9.17, 15) is 4.79 Å². The molecule has 0 radical (unpaired) electrons. The second kappa shape index (κ2) is 7.71. The summed E-state index contributed by atoms with van der Waals surface area (Å²) in [5.41, 5.74) is 3.84. The highest BCUT2D eigenvalue weighted by Crippen LogP contribution is 2.32. The number of hydrogen-bond donors (Lipinski definition) is 2. The van der Waals surface area contributed by atoms with Crippen molar-refractivity contribution in [3.8, 4) is 11.5 Å². The second-order valence-corrected chi connectivity index (χ2v) is 7.83. The summed E-state index contributed by atoms with van der Waals surface area (Å²) in [4.78, 5) is 17.2. The molecule has 0 spiro atoms. The third-order valence-electron chi connectivity index (χ3n) is 3.97. The maximum Gasteiger partial charge on any atom is 0.267 e. The molecule has 2 aromatic carbocycles. The highest BCUT2D eigenvalue weighted by atomic mass is 35.5. The number of benzene rings is 2. The number of fused-ring (bicyclic) bond motifs is 1. The molecule has 0 saturated heterocycles. The Labute approximate surface area is 175 Å². The van der Waals surface area contributed by atoms with Gasteiger partial charge >= 0.3 is 0 Å². The molecule has 0 bridgehead atoms. The predicted molar refractivity (Wildman–Crippen MR) is 117 cm³/mol. The molecule has 4 rings (SSSR count). The van der Waals surface area contributed by atoms with Crippen molar-refractivity contribution < 1.29 is 9.21 Å². The fourth-order valence-electron chi connectivity index (χ4n) is 2.65. The number of thiophene rings is 1. The van der Waals surface area contributed by atoms with Gasteiger partial charge in [-0.1, -0.05) is 23.7 Å². The molecule has 0 fully saturated rings. The molecule has 0 aliphatic carbocycles. The van der Waals surface area contributed by atoms with Gasteiger partial charge < -0.3 is 9.73 Å². The number of aromatic nitrogens is 1. The summed E-state index contributed by atoms with van der Waals surface area (Å²) < 4.78 is 5.86. The molecule has 2 aromatic heterocycles. The Kier molecular flexibility index (Phi) is 5.13. The van der Waals surface area contributed by atoms with E-state index in [4.69, 9.17) is 28.2 Å². The van der Waals surface area contributed by atoms with Crippen molar-refractivity contribution in [2.24, 2.45) is 0 Å². The Balaban J connectivity index is 1.56.